The van der Waals surface area contributed by atoms with Gasteiger partial charge in [0.1, 0.15) is 6.61 Å². The van der Waals surface area contributed by atoms with Crippen LogP contribution in [0.4, 0.5) is 0 Å². The predicted molar refractivity (Wildman–Crippen MR) is 76.2 cm³/mol. The van der Waals surface area contributed by atoms with Gasteiger partial charge in [0.2, 0.25) is 5.75 Å². The molecular weight excluding hydrogens is 260 g/mol. The molecule has 0 saturated carbocycles. The monoisotopic (exact) mass is 275 g/mol. The van der Waals surface area contributed by atoms with E-state index in [-0.39, 0.29) is 0 Å². The van der Waals surface area contributed by atoms with Crippen LogP contribution in [0.15, 0.2) is 47.4 Å². The van der Waals surface area contributed by atoms with Gasteiger partial charge in [-0.1, -0.05) is 43.0 Å². The summed E-state index contributed by atoms with van der Waals surface area (Å²) < 4.78 is 16.4. The van der Waals surface area contributed by atoms with Crippen LogP contribution in [-0.4, -0.2) is 14.2 Å². The van der Waals surface area contributed by atoms with Gasteiger partial charge in [0.25, 0.3) is 0 Å². The van der Waals surface area contributed by atoms with Crippen LogP contribution in [0.5, 0.6) is 17.2 Å². The van der Waals surface area contributed by atoms with Gasteiger partial charge in [-0.2, -0.15) is 0 Å². The predicted octanol–water partition coefficient (Wildman–Crippen LogP) is 3.84. The van der Waals surface area contributed by atoms with Gasteiger partial charge in [-0.25, -0.2) is 0 Å². The standard InChI is InChI=1S/C15H15O3S/c1-16-13-8-12(19)9-14(17-2)15(13)18-10-11-6-4-3-5-7-11/h3-9H,10H2,1-2H3. The molecule has 1 radical (unpaired) electrons. The molecular formula is C15H15O3S. The molecule has 0 spiro atoms. The highest BCUT2D eigenvalue weighted by atomic mass is 32.1. The molecule has 0 saturated heterocycles. The lowest BCUT2D eigenvalue weighted by Gasteiger charge is -2.14. The second-order valence-corrected chi connectivity index (χ2v) is 4.40. The lowest BCUT2D eigenvalue weighted by molar-refractivity contribution is 0.265. The minimum Gasteiger partial charge on any atom is -0.493 e. The van der Waals surface area contributed by atoms with Crippen molar-refractivity contribution in [3.8, 4) is 17.2 Å². The van der Waals surface area contributed by atoms with Crippen molar-refractivity contribution < 1.29 is 14.2 Å². The van der Waals surface area contributed by atoms with Crippen molar-refractivity contribution in [2.24, 2.45) is 0 Å². The molecule has 4 heteroatoms. The zero-order valence-electron chi connectivity index (χ0n) is 10.9. The number of hydrogen-bond donors (Lipinski definition) is 0. The van der Waals surface area contributed by atoms with E-state index >= 15 is 0 Å². The van der Waals surface area contributed by atoms with Gasteiger partial charge in [0.15, 0.2) is 11.5 Å². The van der Waals surface area contributed by atoms with E-state index in [1.807, 2.05) is 30.3 Å². The summed E-state index contributed by atoms with van der Waals surface area (Å²) in [4.78, 5) is 0.653. The van der Waals surface area contributed by atoms with Crippen molar-refractivity contribution in [2.75, 3.05) is 14.2 Å². The molecule has 0 aliphatic carbocycles. The number of hydrogen-bond acceptors (Lipinski definition) is 3. The molecule has 0 aliphatic heterocycles. The van der Waals surface area contributed by atoms with E-state index in [1.54, 1.807) is 26.4 Å². The van der Waals surface area contributed by atoms with Crippen LogP contribution in [0.3, 0.4) is 0 Å². The van der Waals surface area contributed by atoms with E-state index in [2.05, 4.69) is 0 Å². The number of methoxy groups -OCH3 is 2. The molecule has 2 aromatic carbocycles. The maximum absolute atomic E-state index is 5.79. The summed E-state index contributed by atoms with van der Waals surface area (Å²) in [5.41, 5.74) is 1.08. The van der Waals surface area contributed by atoms with Crippen LogP contribution in [0.25, 0.3) is 0 Å². The van der Waals surface area contributed by atoms with Crippen LogP contribution in [0, 0.1) is 0 Å². The summed E-state index contributed by atoms with van der Waals surface area (Å²) >= 11 is 5.14. The second kappa shape index (κ2) is 6.29. The third-order valence-corrected chi connectivity index (χ3v) is 2.90. The lowest BCUT2D eigenvalue weighted by atomic mass is 10.2. The van der Waals surface area contributed by atoms with E-state index in [9.17, 15) is 0 Å². The molecule has 0 fully saturated rings. The Labute approximate surface area is 118 Å². The van der Waals surface area contributed by atoms with Gasteiger partial charge in [-0.05, 0) is 5.56 Å². The maximum atomic E-state index is 5.79. The van der Waals surface area contributed by atoms with Crippen LogP contribution in [0.1, 0.15) is 5.56 Å². The Hall–Kier alpha value is -1.94. The van der Waals surface area contributed by atoms with Crippen molar-refractivity contribution in [2.45, 2.75) is 11.5 Å². The highest BCUT2D eigenvalue weighted by Gasteiger charge is 2.13. The molecule has 19 heavy (non-hydrogen) atoms. The van der Waals surface area contributed by atoms with Crippen molar-refractivity contribution in [1.29, 1.82) is 0 Å². The molecule has 3 nitrogen and oxygen atoms in total. The number of benzene rings is 2. The highest BCUT2D eigenvalue weighted by Crippen LogP contribution is 2.39. The van der Waals surface area contributed by atoms with E-state index in [0.717, 1.165) is 5.56 Å². The Morgan fingerprint density at radius 3 is 2.05 bits per heavy atom. The average molecular weight is 275 g/mol. The second-order valence-electron chi connectivity index (χ2n) is 3.93. The summed E-state index contributed by atoms with van der Waals surface area (Å²) in [7, 11) is 3.16. The molecule has 0 atom stereocenters. The van der Waals surface area contributed by atoms with Crippen molar-refractivity contribution in [3.05, 3.63) is 48.0 Å². The summed E-state index contributed by atoms with van der Waals surface area (Å²) in [6.45, 7) is 0.449. The summed E-state index contributed by atoms with van der Waals surface area (Å²) in [6.07, 6.45) is 0. The molecule has 2 rings (SSSR count). The minimum atomic E-state index is 0.449. The third kappa shape index (κ3) is 3.29. The Balaban J connectivity index is 2.23. The zero-order chi connectivity index (χ0) is 13.7. The molecule has 2 aromatic rings. The Bertz CT molecular complexity index is 515. The van der Waals surface area contributed by atoms with Gasteiger partial charge < -0.3 is 14.2 Å². The molecule has 0 aromatic heterocycles. The molecule has 0 heterocycles. The van der Waals surface area contributed by atoms with E-state index in [1.165, 1.54) is 0 Å². The fourth-order valence-corrected chi connectivity index (χ4v) is 1.94. The summed E-state index contributed by atoms with van der Waals surface area (Å²) in [5.74, 6) is 1.74. The summed E-state index contributed by atoms with van der Waals surface area (Å²) in [6, 6.07) is 13.4. The van der Waals surface area contributed by atoms with Crippen molar-refractivity contribution in [3.63, 3.8) is 0 Å². The average Bonchev–Trinajstić information content (AvgIpc) is 2.46. The van der Waals surface area contributed by atoms with Gasteiger partial charge in [0, 0.05) is 17.0 Å². The Morgan fingerprint density at radius 1 is 0.947 bits per heavy atom. The molecule has 0 N–H and O–H groups in total. The van der Waals surface area contributed by atoms with Crippen LogP contribution < -0.4 is 14.2 Å². The molecule has 99 valence electrons. The first-order valence-electron chi connectivity index (χ1n) is 5.84. The quantitative estimate of drug-likeness (QED) is 0.829. The number of rotatable bonds is 5. The van der Waals surface area contributed by atoms with Crippen molar-refractivity contribution >= 4 is 12.6 Å². The van der Waals surface area contributed by atoms with Crippen LogP contribution in [-0.2, 0) is 6.61 Å². The topological polar surface area (TPSA) is 27.7 Å². The van der Waals surface area contributed by atoms with Gasteiger partial charge in [-0.3, -0.25) is 0 Å². The first-order valence-corrected chi connectivity index (χ1v) is 6.25. The normalized spacial score (nSPS) is 10.0. The molecule has 0 unspecified atom stereocenters. The van der Waals surface area contributed by atoms with Crippen molar-refractivity contribution in [1.82, 2.24) is 0 Å². The lowest BCUT2D eigenvalue weighted by Crippen LogP contribution is -2.00. The van der Waals surface area contributed by atoms with Crippen LogP contribution in [0.2, 0.25) is 0 Å². The SMILES string of the molecule is COc1cc([S])cc(OC)c1OCc1ccccc1. The van der Waals surface area contributed by atoms with E-state index in [0.29, 0.717) is 28.8 Å². The maximum Gasteiger partial charge on any atom is 0.203 e. The molecule has 0 bridgehead atoms. The van der Waals surface area contributed by atoms with Gasteiger partial charge >= 0.3 is 0 Å². The third-order valence-electron chi connectivity index (χ3n) is 2.66. The van der Waals surface area contributed by atoms with E-state index in [4.69, 9.17) is 26.8 Å². The van der Waals surface area contributed by atoms with E-state index < -0.39 is 0 Å². The zero-order valence-corrected chi connectivity index (χ0v) is 11.7. The largest absolute Gasteiger partial charge is 0.493 e. The Morgan fingerprint density at radius 2 is 1.53 bits per heavy atom. The van der Waals surface area contributed by atoms with Crippen LogP contribution >= 0.6 is 12.6 Å². The Kier molecular flexibility index (Phi) is 4.47. The molecule has 0 amide bonds. The first kappa shape index (κ1) is 13.5. The highest BCUT2D eigenvalue weighted by molar-refractivity contribution is 7.80. The fourth-order valence-electron chi connectivity index (χ4n) is 1.73. The minimum absolute atomic E-state index is 0.449. The number of ether oxygens (including phenoxy) is 3. The summed E-state index contributed by atoms with van der Waals surface area (Å²) in [5, 5.41) is 0. The first-order chi connectivity index (χ1) is 9.24. The fraction of sp³-hybridized carbons (Fsp3) is 0.200. The molecule has 0 aliphatic rings. The smallest absolute Gasteiger partial charge is 0.203 e. The van der Waals surface area contributed by atoms with Gasteiger partial charge in [-0.15, -0.1) is 0 Å². The van der Waals surface area contributed by atoms with Gasteiger partial charge in [0.05, 0.1) is 14.2 Å².